The Labute approximate surface area is 182 Å². The first kappa shape index (κ1) is 18.6. The third kappa shape index (κ3) is 2.73. The lowest BCUT2D eigenvalue weighted by molar-refractivity contribution is 0.379. The fraction of sp³-hybridized carbons (Fsp3) is 0.0435. The predicted molar refractivity (Wildman–Crippen MR) is 117 cm³/mol. The lowest BCUT2D eigenvalue weighted by Gasteiger charge is -2.25. The van der Waals surface area contributed by atoms with E-state index < -0.39 is 5.92 Å². The van der Waals surface area contributed by atoms with Crippen molar-refractivity contribution in [2.75, 3.05) is 0 Å². The zero-order valence-electron chi connectivity index (χ0n) is 15.5. The van der Waals surface area contributed by atoms with Crippen molar-refractivity contribution in [1.82, 2.24) is 10.2 Å². The van der Waals surface area contributed by atoms with Crippen molar-refractivity contribution in [3.63, 3.8) is 0 Å². The number of rotatable bonds is 2. The van der Waals surface area contributed by atoms with E-state index in [1.807, 2.05) is 42.5 Å². The maximum atomic E-state index is 9.89. The summed E-state index contributed by atoms with van der Waals surface area (Å²) in [7, 11) is 0. The topological polar surface area (TPSA) is 87.7 Å². The molecule has 4 aromatic rings. The molecule has 1 unspecified atom stereocenters. The molecule has 7 heteroatoms. The van der Waals surface area contributed by atoms with Crippen molar-refractivity contribution in [1.29, 1.82) is 5.26 Å². The first-order valence-electron chi connectivity index (χ1n) is 9.18. The van der Waals surface area contributed by atoms with Gasteiger partial charge in [0, 0.05) is 21.2 Å². The molecule has 1 aliphatic heterocycles. The van der Waals surface area contributed by atoms with Gasteiger partial charge in [-0.1, -0.05) is 71.7 Å². The molecule has 0 fully saturated rings. The second kappa shape index (κ2) is 7.10. The summed E-state index contributed by atoms with van der Waals surface area (Å²) in [6, 6.07) is 21.5. The summed E-state index contributed by atoms with van der Waals surface area (Å²) in [6.07, 6.45) is 0. The standard InChI is InChI=1S/C23H14Cl2N4O/c24-16-9-4-10-17(25)19(16)18-15(11-26)22(27)30-23-20(18)21(28-29-23)14-8-3-6-12-5-1-2-7-13(12)14/h1-10,18H,27H2,(H,28,29). The molecule has 0 bridgehead atoms. The number of halogens is 2. The highest BCUT2D eigenvalue weighted by Crippen LogP contribution is 2.49. The van der Waals surface area contributed by atoms with E-state index in [4.69, 9.17) is 33.7 Å². The van der Waals surface area contributed by atoms with Crippen LogP contribution in [0.15, 0.2) is 72.1 Å². The molecule has 1 atom stereocenters. The fourth-order valence-electron chi connectivity index (χ4n) is 3.97. The van der Waals surface area contributed by atoms with Gasteiger partial charge in [0.05, 0.1) is 17.2 Å². The summed E-state index contributed by atoms with van der Waals surface area (Å²) >= 11 is 13.1. The average molecular weight is 433 g/mol. The summed E-state index contributed by atoms with van der Waals surface area (Å²) in [5, 5.41) is 20.3. The molecule has 0 saturated carbocycles. The van der Waals surface area contributed by atoms with Crippen LogP contribution in [0.5, 0.6) is 5.88 Å². The van der Waals surface area contributed by atoms with Gasteiger partial charge in [-0.2, -0.15) is 5.26 Å². The number of nitrogens with two attached hydrogens (primary N) is 1. The van der Waals surface area contributed by atoms with E-state index in [2.05, 4.69) is 16.3 Å². The number of nitriles is 1. The minimum atomic E-state index is -0.618. The van der Waals surface area contributed by atoms with Crippen molar-refractivity contribution in [3.05, 3.63) is 93.3 Å². The van der Waals surface area contributed by atoms with Crippen molar-refractivity contribution >= 4 is 34.0 Å². The zero-order valence-corrected chi connectivity index (χ0v) is 17.0. The third-order valence-electron chi connectivity index (χ3n) is 5.29. The zero-order chi connectivity index (χ0) is 20.8. The number of hydrogen-bond donors (Lipinski definition) is 2. The van der Waals surface area contributed by atoms with E-state index in [-0.39, 0.29) is 11.5 Å². The van der Waals surface area contributed by atoms with Gasteiger partial charge in [0.2, 0.25) is 11.8 Å². The molecule has 3 N–H and O–H groups in total. The minimum absolute atomic E-state index is 0.0121. The van der Waals surface area contributed by atoms with Gasteiger partial charge in [0.1, 0.15) is 11.6 Å². The minimum Gasteiger partial charge on any atom is -0.420 e. The highest BCUT2D eigenvalue weighted by atomic mass is 35.5. The average Bonchev–Trinajstić information content (AvgIpc) is 3.16. The van der Waals surface area contributed by atoms with E-state index in [1.165, 1.54) is 0 Å². The number of allylic oxidation sites excluding steroid dienone is 1. The van der Waals surface area contributed by atoms with Crippen LogP contribution in [-0.2, 0) is 0 Å². The Kier molecular flexibility index (Phi) is 4.39. The Morgan fingerprint density at radius 2 is 1.67 bits per heavy atom. The van der Waals surface area contributed by atoms with Gasteiger partial charge in [-0.05, 0) is 22.9 Å². The number of aromatic nitrogens is 2. The second-order valence-corrected chi connectivity index (χ2v) is 7.72. The summed E-state index contributed by atoms with van der Waals surface area (Å²) < 4.78 is 5.69. The van der Waals surface area contributed by atoms with Crippen LogP contribution >= 0.6 is 23.2 Å². The fourth-order valence-corrected chi connectivity index (χ4v) is 4.58. The van der Waals surface area contributed by atoms with Crippen molar-refractivity contribution in [3.8, 4) is 23.2 Å². The maximum absolute atomic E-state index is 9.89. The predicted octanol–water partition coefficient (Wildman–Crippen LogP) is 5.75. The van der Waals surface area contributed by atoms with Gasteiger partial charge in [-0.3, -0.25) is 5.10 Å². The van der Waals surface area contributed by atoms with Gasteiger partial charge in [0.15, 0.2) is 0 Å². The number of benzene rings is 3. The van der Waals surface area contributed by atoms with Gasteiger partial charge in [-0.25, -0.2) is 0 Å². The van der Waals surface area contributed by atoms with E-state index in [0.717, 1.165) is 22.0 Å². The number of hydrogen-bond acceptors (Lipinski definition) is 4. The Balaban J connectivity index is 1.84. The maximum Gasteiger partial charge on any atom is 0.244 e. The smallest absolute Gasteiger partial charge is 0.244 e. The number of nitrogens with one attached hydrogen (secondary N) is 1. The van der Waals surface area contributed by atoms with Crippen molar-refractivity contribution in [2.45, 2.75) is 5.92 Å². The molecule has 5 nitrogen and oxygen atoms in total. The molecule has 5 rings (SSSR count). The SMILES string of the molecule is N#CC1=C(N)Oc2n[nH]c(-c3cccc4ccccc34)c2C1c1c(Cl)cccc1Cl. The second-order valence-electron chi connectivity index (χ2n) is 6.90. The molecule has 3 aromatic carbocycles. The summed E-state index contributed by atoms with van der Waals surface area (Å²) in [5.74, 6) is -0.329. The molecule has 0 spiro atoms. The molecule has 1 aromatic heterocycles. The number of H-pyrrole nitrogens is 1. The van der Waals surface area contributed by atoms with Crippen LogP contribution in [0.4, 0.5) is 0 Å². The normalized spacial score (nSPS) is 15.6. The number of nitrogens with zero attached hydrogens (tertiary/aromatic N) is 2. The van der Waals surface area contributed by atoms with Gasteiger partial charge < -0.3 is 10.5 Å². The number of aromatic amines is 1. The Morgan fingerprint density at radius 3 is 2.43 bits per heavy atom. The molecule has 0 radical (unpaired) electrons. The molecule has 0 aliphatic carbocycles. The molecular formula is C23H14Cl2N4O. The molecule has 1 aliphatic rings. The monoisotopic (exact) mass is 432 g/mol. The van der Waals surface area contributed by atoms with Crippen LogP contribution in [0, 0.1) is 11.3 Å². The summed E-state index contributed by atoms with van der Waals surface area (Å²) in [6.45, 7) is 0. The van der Waals surface area contributed by atoms with Crippen LogP contribution in [-0.4, -0.2) is 10.2 Å². The van der Waals surface area contributed by atoms with E-state index in [9.17, 15) is 5.26 Å². The largest absolute Gasteiger partial charge is 0.420 e. The van der Waals surface area contributed by atoms with E-state index >= 15 is 0 Å². The number of ether oxygens (including phenoxy) is 1. The first-order valence-corrected chi connectivity index (χ1v) is 9.93. The molecule has 2 heterocycles. The summed E-state index contributed by atoms with van der Waals surface area (Å²) in [4.78, 5) is 0. The highest BCUT2D eigenvalue weighted by Gasteiger charge is 2.37. The van der Waals surface area contributed by atoms with Crippen LogP contribution in [0.25, 0.3) is 22.0 Å². The van der Waals surface area contributed by atoms with Crippen molar-refractivity contribution in [2.24, 2.45) is 5.73 Å². The lowest BCUT2D eigenvalue weighted by Crippen LogP contribution is -2.21. The van der Waals surface area contributed by atoms with Gasteiger partial charge in [0.25, 0.3) is 0 Å². The molecule has 30 heavy (non-hydrogen) atoms. The van der Waals surface area contributed by atoms with E-state index in [1.54, 1.807) is 18.2 Å². The number of fused-ring (bicyclic) bond motifs is 2. The Morgan fingerprint density at radius 1 is 0.967 bits per heavy atom. The van der Waals surface area contributed by atoms with Gasteiger partial charge >= 0.3 is 0 Å². The third-order valence-corrected chi connectivity index (χ3v) is 5.95. The van der Waals surface area contributed by atoms with Gasteiger partial charge in [-0.15, -0.1) is 5.10 Å². The van der Waals surface area contributed by atoms with Crippen LogP contribution in [0.1, 0.15) is 17.0 Å². The first-order chi connectivity index (χ1) is 14.6. The molecule has 0 saturated heterocycles. The highest BCUT2D eigenvalue weighted by molar-refractivity contribution is 6.36. The molecule has 146 valence electrons. The molecular weight excluding hydrogens is 419 g/mol. The molecule has 0 amide bonds. The van der Waals surface area contributed by atoms with Crippen molar-refractivity contribution < 1.29 is 4.74 Å². The van der Waals surface area contributed by atoms with Crippen LogP contribution < -0.4 is 10.5 Å². The Hall–Kier alpha value is -3.46. The van der Waals surface area contributed by atoms with Crippen LogP contribution in [0.2, 0.25) is 10.0 Å². The van der Waals surface area contributed by atoms with Crippen LogP contribution in [0.3, 0.4) is 0 Å². The lowest BCUT2D eigenvalue weighted by atomic mass is 9.82. The quantitative estimate of drug-likeness (QED) is 0.421. The van der Waals surface area contributed by atoms with E-state index in [0.29, 0.717) is 27.1 Å². The Bertz CT molecular complexity index is 1360. The summed E-state index contributed by atoms with van der Waals surface area (Å²) in [5.41, 5.74) is 9.22.